The summed E-state index contributed by atoms with van der Waals surface area (Å²) in [6, 6.07) is 27.1. The van der Waals surface area contributed by atoms with E-state index in [9.17, 15) is 0 Å². The zero-order valence-electron chi connectivity index (χ0n) is 32.1. The van der Waals surface area contributed by atoms with Crippen LogP contribution < -0.4 is 9.97 Å². The Morgan fingerprint density at radius 1 is 0.491 bits per heavy atom. The molecule has 260 valence electrons. The Kier molecular flexibility index (Phi) is 9.36. The molecule has 53 heavy (non-hydrogen) atoms. The molecule has 9 rings (SSSR count). The van der Waals surface area contributed by atoms with E-state index in [1.54, 1.807) is 0 Å². The number of allylic oxidation sites excluding steroid dienone is 4. The Balaban J connectivity index is 0.00000400. The van der Waals surface area contributed by atoms with Crippen LogP contribution in [0.2, 0.25) is 0 Å². The molecule has 0 spiro atoms. The average Bonchev–Trinajstić information content (AvgIpc) is 3.92. The standard InChI is InChI=1S/C48H46N4.Zn/c1-7-11-16-31-27(5)39-23-41-29(9-3)30(10-4)42(51-41)24-40-28(6)32(17-12-8-2)44(50-40)26-46-48-36-21-15-20-35-33-18-13-14-19-34(33)37(47(35)36)22-38(48)45(52-46)25-43(31)49-39;/h13-15,18-26H,7-12,16-17H2,1-6H3;/q-2;+2. The summed E-state index contributed by atoms with van der Waals surface area (Å²) < 4.78 is 0. The summed E-state index contributed by atoms with van der Waals surface area (Å²) in [6.07, 6.45) is 8.35. The van der Waals surface area contributed by atoms with E-state index in [-0.39, 0.29) is 19.5 Å². The third-order valence-electron chi connectivity index (χ3n) is 11.8. The summed E-state index contributed by atoms with van der Waals surface area (Å²) in [5, 5.41) is 4.95. The van der Waals surface area contributed by atoms with Gasteiger partial charge in [-0.1, -0.05) is 118 Å². The van der Waals surface area contributed by atoms with Crippen LogP contribution in [0, 0.1) is 0 Å². The Bertz CT molecular complexity index is 2700. The van der Waals surface area contributed by atoms with Gasteiger partial charge in [0.1, 0.15) is 0 Å². The van der Waals surface area contributed by atoms with E-state index in [1.807, 2.05) is 0 Å². The van der Waals surface area contributed by atoms with E-state index in [0.29, 0.717) is 0 Å². The molecular weight excluding hydrogens is 698 g/mol. The molecule has 3 aliphatic rings. The zero-order chi connectivity index (χ0) is 35.7. The number of benzene rings is 3. The smallest absolute Gasteiger partial charge is 0.657 e. The van der Waals surface area contributed by atoms with Gasteiger partial charge in [0.2, 0.25) is 0 Å². The van der Waals surface area contributed by atoms with Gasteiger partial charge in [-0.3, -0.25) is 0 Å². The molecule has 8 bridgehead atoms. The van der Waals surface area contributed by atoms with Crippen molar-refractivity contribution in [2.75, 3.05) is 0 Å². The van der Waals surface area contributed by atoms with Crippen molar-refractivity contribution in [2.24, 2.45) is 0 Å². The molecule has 0 atom stereocenters. The number of nitrogens with zero attached hydrogens (tertiary/aromatic N) is 4. The molecule has 0 radical (unpaired) electrons. The van der Waals surface area contributed by atoms with E-state index >= 15 is 0 Å². The fourth-order valence-electron chi connectivity index (χ4n) is 9.05. The van der Waals surface area contributed by atoms with Crippen LogP contribution in [0.25, 0.3) is 88.2 Å². The van der Waals surface area contributed by atoms with Crippen LogP contribution in [-0.4, -0.2) is 9.97 Å². The number of rotatable bonds is 8. The topological polar surface area (TPSA) is 54.0 Å². The predicted molar refractivity (Wildman–Crippen MR) is 221 cm³/mol. The van der Waals surface area contributed by atoms with Crippen LogP contribution in [0.1, 0.15) is 114 Å². The second-order valence-electron chi connectivity index (χ2n) is 14.8. The molecule has 2 aliphatic heterocycles. The molecule has 0 fully saturated rings. The van der Waals surface area contributed by atoms with Gasteiger partial charge < -0.3 is 9.97 Å². The maximum atomic E-state index is 5.53. The molecule has 3 aromatic heterocycles. The second kappa shape index (κ2) is 14.0. The summed E-state index contributed by atoms with van der Waals surface area (Å²) in [6.45, 7) is 13.5. The Hall–Kier alpha value is -4.60. The summed E-state index contributed by atoms with van der Waals surface area (Å²) in [5.74, 6) is 0. The number of fused-ring (bicyclic) bond motifs is 15. The van der Waals surface area contributed by atoms with E-state index in [1.165, 1.54) is 77.2 Å². The molecular formula is C48H46N4Zn. The summed E-state index contributed by atoms with van der Waals surface area (Å²) in [5.41, 5.74) is 21.1. The zero-order valence-corrected chi connectivity index (χ0v) is 35.0. The Morgan fingerprint density at radius 2 is 1.00 bits per heavy atom. The van der Waals surface area contributed by atoms with Crippen LogP contribution >= 0.6 is 0 Å². The summed E-state index contributed by atoms with van der Waals surface area (Å²) >= 11 is 0. The maximum absolute atomic E-state index is 5.53. The first kappa shape index (κ1) is 35.4. The quantitative estimate of drug-likeness (QED) is 0.145. The number of hydrogen-bond donors (Lipinski definition) is 0. The predicted octanol–water partition coefficient (Wildman–Crippen LogP) is 12.9. The fourth-order valence-corrected chi connectivity index (χ4v) is 9.05. The Morgan fingerprint density at radius 3 is 1.57 bits per heavy atom. The molecule has 6 aromatic rings. The van der Waals surface area contributed by atoms with Crippen LogP contribution in [0.15, 0.2) is 72.8 Å². The molecule has 0 unspecified atom stereocenters. The van der Waals surface area contributed by atoms with Crippen molar-refractivity contribution in [3.63, 3.8) is 0 Å². The molecule has 1 aliphatic carbocycles. The Labute approximate surface area is 325 Å². The van der Waals surface area contributed by atoms with Gasteiger partial charge in [0.25, 0.3) is 0 Å². The van der Waals surface area contributed by atoms with Crippen molar-refractivity contribution >= 4 is 65.9 Å². The SMILES string of the molecule is CCCCC1=C(C)c2cc3[n-]c(cc4nc(cc5[n-]c(cc1n2)c1cc2c6c(cccc6c51)-c1ccccc1-2)C(CCCC)=C4C)c(CC)c3CC.[Zn+2]. The van der Waals surface area contributed by atoms with Crippen LogP contribution in [-0.2, 0) is 32.3 Å². The van der Waals surface area contributed by atoms with Gasteiger partial charge >= 0.3 is 19.5 Å². The maximum Gasteiger partial charge on any atom is 2.00 e. The van der Waals surface area contributed by atoms with Gasteiger partial charge in [-0.2, -0.15) is 0 Å². The van der Waals surface area contributed by atoms with Crippen LogP contribution in [0.3, 0.4) is 0 Å². The third-order valence-corrected chi connectivity index (χ3v) is 11.8. The second-order valence-corrected chi connectivity index (χ2v) is 14.8. The number of aryl methyl sites for hydroxylation is 2. The first-order valence-corrected chi connectivity index (χ1v) is 19.5. The monoisotopic (exact) mass is 742 g/mol. The number of aromatic nitrogens is 4. The molecule has 4 nitrogen and oxygen atoms in total. The first-order chi connectivity index (χ1) is 25.4. The van der Waals surface area contributed by atoms with Crippen LogP contribution in [0.5, 0.6) is 0 Å². The number of hydrogen-bond acceptors (Lipinski definition) is 2. The summed E-state index contributed by atoms with van der Waals surface area (Å²) in [7, 11) is 0. The first-order valence-electron chi connectivity index (χ1n) is 19.5. The van der Waals surface area contributed by atoms with E-state index in [2.05, 4.69) is 114 Å². The van der Waals surface area contributed by atoms with E-state index in [4.69, 9.17) is 19.9 Å². The molecule has 0 saturated carbocycles. The van der Waals surface area contributed by atoms with Crippen molar-refractivity contribution < 1.29 is 19.5 Å². The molecule has 5 heteroatoms. The minimum atomic E-state index is 0. The van der Waals surface area contributed by atoms with Gasteiger partial charge in [0, 0.05) is 0 Å². The molecule has 0 saturated heterocycles. The van der Waals surface area contributed by atoms with E-state index < -0.39 is 0 Å². The van der Waals surface area contributed by atoms with Crippen LogP contribution in [0.4, 0.5) is 0 Å². The van der Waals surface area contributed by atoms with Gasteiger partial charge in [-0.15, -0.1) is 22.1 Å². The average molecular weight is 744 g/mol. The molecule has 3 aromatic carbocycles. The largest absolute Gasteiger partial charge is 2.00 e. The molecule has 0 amide bonds. The van der Waals surface area contributed by atoms with Gasteiger partial charge in [0.15, 0.2) is 0 Å². The van der Waals surface area contributed by atoms with Gasteiger partial charge in [-0.25, -0.2) is 9.97 Å². The normalized spacial score (nSPS) is 13.4. The fraction of sp³-hybridized carbons (Fsp3) is 0.292. The van der Waals surface area contributed by atoms with Crippen molar-refractivity contribution in [1.29, 1.82) is 0 Å². The molecule has 5 heterocycles. The number of unbranched alkanes of at least 4 members (excludes halogenated alkanes) is 2. The van der Waals surface area contributed by atoms with Gasteiger partial charge in [-0.05, 0) is 125 Å². The van der Waals surface area contributed by atoms with Crippen molar-refractivity contribution in [2.45, 2.75) is 92.9 Å². The van der Waals surface area contributed by atoms with E-state index in [0.717, 1.165) is 96.2 Å². The molecule has 0 N–H and O–H groups in total. The summed E-state index contributed by atoms with van der Waals surface area (Å²) in [4.78, 5) is 21.7. The third kappa shape index (κ3) is 5.57. The minimum Gasteiger partial charge on any atom is -0.657 e. The van der Waals surface area contributed by atoms with Crippen molar-refractivity contribution in [3.8, 4) is 22.3 Å². The van der Waals surface area contributed by atoms with Gasteiger partial charge in [0.05, 0.1) is 22.8 Å². The minimum absolute atomic E-state index is 0. The van der Waals surface area contributed by atoms with Crippen molar-refractivity contribution in [3.05, 3.63) is 107 Å². The van der Waals surface area contributed by atoms with Crippen molar-refractivity contribution in [1.82, 2.24) is 19.9 Å².